The topological polar surface area (TPSA) is 63.8 Å². The maximum Gasteiger partial charge on any atom is 0.126 e. The Kier molecular flexibility index (Phi) is 4.25. The largest absolute Gasteiger partial charge is 0.382 e. The fourth-order valence-electron chi connectivity index (χ4n) is 1.74. The normalized spacial score (nSPS) is 10.3. The first-order valence-corrected chi connectivity index (χ1v) is 6.14. The van der Waals surface area contributed by atoms with E-state index in [4.69, 9.17) is 5.73 Å². The first kappa shape index (κ1) is 12.5. The van der Waals surface area contributed by atoms with E-state index in [0.29, 0.717) is 6.54 Å². The van der Waals surface area contributed by atoms with Crippen LogP contribution in [0.15, 0.2) is 36.5 Å². The van der Waals surface area contributed by atoms with Gasteiger partial charge in [0.25, 0.3) is 0 Å². The molecule has 18 heavy (non-hydrogen) atoms. The summed E-state index contributed by atoms with van der Waals surface area (Å²) in [7, 11) is 0. The molecule has 0 unspecified atom stereocenters. The number of hydrogen-bond acceptors (Lipinski definition) is 4. The molecule has 0 amide bonds. The summed E-state index contributed by atoms with van der Waals surface area (Å²) in [4.78, 5) is 8.76. The molecule has 0 saturated heterocycles. The summed E-state index contributed by atoms with van der Waals surface area (Å²) < 4.78 is 0. The molecule has 1 heterocycles. The highest BCUT2D eigenvalue weighted by atomic mass is 15.0. The van der Waals surface area contributed by atoms with Crippen molar-refractivity contribution in [3.63, 3.8) is 0 Å². The summed E-state index contributed by atoms with van der Waals surface area (Å²) in [5, 5.41) is 3.33. The van der Waals surface area contributed by atoms with Gasteiger partial charge in [-0.25, -0.2) is 9.97 Å². The Balaban J connectivity index is 2.29. The number of rotatable bonds is 5. The van der Waals surface area contributed by atoms with Crippen LogP contribution in [0.1, 0.15) is 12.2 Å². The van der Waals surface area contributed by atoms with Crippen LogP contribution in [0.5, 0.6) is 0 Å². The van der Waals surface area contributed by atoms with Crippen LogP contribution in [-0.4, -0.2) is 23.1 Å². The second-order valence-corrected chi connectivity index (χ2v) is 4.11. The van der Waals surface area contributed by atoms with E-state index in [1.165, 1.54) is 0 Å². The van der Waals surface area contributed by atoms with Crippen molar-refractivity contribution in [1.82, 2.24) is 9.97 Å². The molecule has 0 aliphatic carbocycles. The van der Waals surface area contributed by atoms with Gasteiger partial charge in [-0.15, -0.1) is 0 Å². The van der Waals surface area contributed by atoms with E-state index < -0.39 is 0 Å². The van der Waals surface area contributed by atoms with Gasteiger partial charge >= 0.3 is 0 Å². The third kappa shape index (κ3) is 3.05. The number of aryl methyl sites for hydroxylation is 1. The van der Waals surface area contributed by atoms with Gasteiger partial charge in [-0.3, -0.25) is 0 Å². The maximum absolute atomic E-state index is 5.49. The van der Waals surface area contributed by atoms with Crippen molar-refractivity contribution in [3.8, 4) is 11.3 Å². The van der Waals surface area contributed by atoms with Gasteiger partial charge in [-0.1, -0.05) is 30.3 Å². The van der Waals surface area contributed by atoms with Crippen LogP contribution in [-0.2, 0) is 0 Å². The Morgan fingerprint density at radius 3 is 2.72 bits per heavy atom. The molecule has 1 aromatic heterocycles. The van der Waals surface area contributed by atoms with Gasteiger partial charge in [0.1, 0.15) is 5.82 Å². The molecule has 0 spiro atoms. The zero-order valence-corrected chi connectivity index (χ0v) is 10.6. The zero-order chi connectivity index (χ0) is 12.8. The molecule has 0 radical (unpaired) electrons. The summed E-state index contributed by atoms with van der Waals surface area (Å²) >= 11 is 0. The number of nitrogens with one attached hydrogen (secondary N) is 1. The molecule has 0 aliphatic rings. The molecule has 0 bridgehead atoms. The molecule has 3 N–H and O–H groups in total. The Morgan fingerprint density at radius 1 is 1.22 bits per heavy atom. The highest BCUT2D eigenvalue weighted by Crippen LogP contribution is 2.24. The zero-order valence-electron chi connectivity index (χ0n) is 10.6. The van der Waals surface area contributed by atoms with Gasteiger partial charge in [0.05, 0.1) is 17.6 Å². The van der Waals surface area contributed by atoms with Crippen molar-refractivity contribution in [2.75, 3.05) is 18.4 Å². The first-order chi connectivity index (χ1) is 8.81. The molecule has 1 aromatic carbocycles. The molecule has 0 fully saturated rings. The minimum Gasteiger partial charge on any atom is -0.382 e. The van der Waals surface area contributed by atoms with Crippen molar-refractivity contribution < 1.29 is 0 Å². The van der Waals surface area contributed by atoms with E-state index >= 15 is 0 Å². The maximum atomic E-state index is 5.49. The van der Waals surface area contributed by atoms with Crippen LogP contribution in [0.25, 0.3) is 11.3 Å². The van der Waals surface area contributed by atoms with Crippen LogP contribution in [0.3, 0.4) is 0 Å². The summed E-state index contributed by atoms with van der Waals surface area (Å²) in [6.07, 6.45) is 2.77. The van der Waals surface area contributed by atoms with E-state index in [1.54, 1.807) is 0 Å². The van der Waals surface area contributed by atoms with E-state index in [9.17, 15) is 0 Å². The molecule has 94 valence electrons. The van der Waals surface area contributed by atoms with Crippen molar-refractivity contribution in [3.05, 3.63) is 42.4 Å². The lowest BCUT2D eigenvalue weighted by atomic mass is 10.1. The van der Waals surface area contributed by atoms with Crippen LogP contribution in [0.2, 0.25) is 0 Å². The van der Waals surface area contributed by atoms with Crippen molar-refractivity contribution in [1.29, 1.82) is 0 Å². The lowest BCUT2D eigenvalue weighted by Crippen LogP contribution is -2.10. The minimum absolute atomic E-state index is 0.681. The van der Waals surface area contributed by atoms with Crippen LogP contribution >= 0.6 is 0 Å². The Morgan fingerprint density at radius 2 is 2.00 bits per heavy atom. The van der Waals surface area contributed by atoms with Crippen LogP contribution in [0.4, 0.5) is 5.69 Å². The SMILES string of the molecule is Cc1ncc(NCCCN)c(-c2ccccc2)n1. The summed E-state index contributed by atoms with van der Waals surface area (Å²) in [6.45, 7) is 3.42. The van der Waals surface area contributed by atoms with Crippen molar-refractivity contribution in [2.24, 2.45) is 5.73 Å². The van der Waals surface area contributed by atoms with E-state index in [1.807, 2.05) is 31.3 Å². The second-order valence-electron chi connectivity index (χ2n) is 4.11. The summed E-state index contributed by atoms with van der Waals surface area (Å²) in [5.41, 5.74) is 8.49. The summed E-state index contributed by atoms with van der Waals surface area (Å²) in [6, 6.07) is 10.1. The van der Waals surface area contributed by atoms with Gasteiger partial charge in [0, 0.05) is 12.1 Å². The number of benzene rings is 1. The molecule has 2 rings (SSSR count). The Bertz CT molecular complexity index is 496. The Hall–Kier alpha value is -1.94. The Labute approximate surface area is 107 Å². The quantitative estimate of drug-likeness (QED) is 0.789. The van der Waals surface area contributed by atoms with E-state index in [2.05, 4.69) is 27.4 Å². The minimum atomic E-state index is 0.681. The smallest absolute Gasteiger partial charge is 0.126 e. The fourth-order valence-corrected chi connectivity index (χ4v) is 1.74. The highest BCUT2D eigenvalue weighted by Gasteiger charge is 2.07. The number of hydrogen-bond donors (Lipinski definition) is 2. The lowest BCUT2D eigenvalue weighted by Gasteiger charge is -2.11. The van der Waals surface area contributed by atoms with Gasteiger partial charge in [-0.05, 0) is 19.9 Å². The van der Waals surface area contributed by atoms with E-state index in [0.717, 1.165) is 35.7 Å². The van der Waals surface area contributed by atoms with Gasteiger partial charge in [0.15, 0.2) is 0 Å². The van der Waals surface area contributed by atoms with Crippen LogP contribution < -0.4 is 11.1 Å². The lowest BCUT2D eigenvalue weighted by molar-refractivity contribution is 0.872. The molecule has 4 nitrogen and oxygen atoms in total. The van der Waals surface area contributed by atoms with Gasteiger partial charge in [0.2, 0.25) is 0 Å². The third-order valence-electron chi connectivity index (χ3n) is 2.65. The average Bonchev–Trinajstić information content (AvgIpc) is 2.41. The second kappa shape index (κ2) is 6.12. The van der Waals surface area contributed by atoms with E-state index in [-0.39, 0.29) is 0 Å². The fraction of sp³-hybridized carbons (Fsp3) is 0.286. The molecule has 0 aliphatic heterocycles. The molecule has 4 heteroatoms. The van der Waals surface area contributed by atoms with Crippen molar-refractivity contribution in [2.45, 2.75) is 13.3 Å². The molecule has 2 aromatic rings. The van der Waals surface area contributed by atoms with Gasteiger partial charge < -0.3 is 11.1 Å². The van der Waals surface area contributed by atoms with Gasteiger partial charge in [-0.2, -0.15) is 0 Å². The highest BCUT2D eigenvalue weighted by molar-refractivity contribution is 5.73. The third-order valence-corrected chi connectivity index (χ3v) is 2.65. The standard InChI is InChI=1S/C14H18N4/c1-11-17-10-13(16-9-5-8-15)14(18-11)12-6-3-2-4-7-12/h2-4,6-7,10,16H,5,8-9,15H2,1H3. The molecular formula is C14H18N4. The first-order valence-electron chi connectivity index (χ1n) is 6.14. The van der Waals surface area contributed by atoms with Crippen LogP contribution in [0, 0.1) is 6.92 Å². The predicted octanol–water partition coefficient (Wildman–Crippen LogP) is 2.21. The number of nitrogens with zero attached hydrogens (tertiary/aromatic N) is 2. The number of nitrogens with two attached hydrogens (primary N) is 1. The number of aromatic nitrogens is 2. The number of anilines is 1. The molecule has 0 atom stereocenters. The average molecular weight is 242 g/mol. The molecular weight excluding hydrogens is 224 g/mol. The summed E-state index contributed by atoms with van der Waals surface area (Å²) in [5.74, 6) is 0.776. The monoisotopic (exact) mass is 242 g/mol. The van der Waals surface area contributed by atoms with Crippen molar-refractivity contribution >= 4 is 5.69 Å². The molecule has 0 saturated carbocycles. The predicted molar refractivity (Wildman–Crippen MR) is 74.4 cm³/mol.